The summed E-state index contributed by atoms with van der Waals surface area (Å²) in [5, 5.41) is 5.90. The van der Waals surface area contributed by atoms with Crippen LogP contribution in [-0.2, 0) is 11.3 Å². The standard InChI is InChI=1S/C13H23N3OS/c1-9(2)4-11(6-14)5-13(17)15-7-12-8-18-10(3)16-12/h8-9,11H,4-7,14H2,1-3H3,(H,15,17). The number of nitrogens with two attached hydrogens (primary N) is 1. The highest BCUT2D eigenvalue weighted by Gasteiger charge is 2.14. The van der Waals surface area contributed by atoms with Crippen LogP contribution >= 0.6 is 11.3 Å². The minimum Gasteiger partial charge on any atom is -0.350 e. The van der Waals surface area contributed by atoms with Gasteiger partial charge in [0.1, 0.15) is 0 Å². The molecule has 102 valence electrons. The summed E-state index contributed by atoms with van der Waals surface area (Å²) in [6, 6.07) is 0. The van der Waals surface area contributed by atoms with Crippen molar-refractivity contribution in [3.8, 4) is 0 Å². The molecule has 4 nitrogen and oxygen atoms in total. The summed E-state index contributed by atoms with van der Waals surface area (Å²) in [4.78, 5) is 16.1. The monoisotopic (exact) mass is 269 g/mol. The van der Waals surface area contributed by atoms with Crippen molar-refractivity contribution in [2.45, 2.75) is 40.2 Å². The van der Waals surface area contributed by atoms with Gasteiger partial charge >= 0.3 is 0 Å². The zero-order valence-electron chi connectivity index (χ0n) is 11.4. The minimum absolute atomic E-state index is 0.0664. The van der Waals surface area contributed by atoms with Crippen LogP contribution in [0.5, 0.6) is 0 Å². The fourth-order valence-corrected chi connectivity index (χ4v) is 2.56. The van der Waals surface area contributed by atoms with Crippen molar-refractivity contribution in [2.24, 2.45) is 17.6 Å². The molecule has 3 N–H and O–H groups in total. The molecule has 0 aliphatic carbocycles. The number of amides is 1. The Bertz CT molecular complexity index is 376. The number of hydrogen-bond donors (Lipinski definition) is 2. The van der Waals surface area contributed by atoms with Gasteiger partial charge in [-0.15, -0.1) is 11.3 Å². The number of thiazole rings is 1. The van der Waals surface area contributed by atoms with Crippen molar-refractivity contribution in [3.05, 3.63) is 16.1 Å². The third kappa shape index (κ3) is 5.60. The molecule has 1 aromatic heterocycles. The van der Waals surface area contributed by atoms with Gasteiger partial charge in [-0.05, 0) is 31.7 Å². The van der Waals surface area contributed by atoms with E-state index in [-0.39, 0.29) is 11.8 Å². The molecule has 5 heteroatoms. The molecule has 18 heavy (non-hydrogen) atoms. The van der Waals surface area contributed by atoms with E-state index in [0.717, 1.165) is 17.1 Å². The molecule has 0 bridgehead atoms. The van der Waals surface area contributed by atoms with Crippen molar-refractivity contribution in [1.82, 2.24) is 10.3 Å². The second kappa shape index (κ2) is 7.48. The molecule has 0 saturated carbocycles. The molecule has 1 atom stereocenters. The summed E-state index contributed by atoms with van der Waals surface area (Å²) in [6.07, 6.45) is 1.51. The van der Waals surface area contributed by atoms with Crippen molar-refractivity contribution in [2.75, 3.05) is 6.54 Å². The van der Waals surface area contributed by atoms with Crippen LogP contribution in [0.1, 0.15) is 37.4 Å². The van der Waals surface area contributed by atoms with E-state index >= 15 is 0 Å². The summed E-state index contributed by atoms with van der Waals surface area (Å²) >= 11 is 1.60. The van der Waals surface area contributed by atoms with E-state index in [2.05, 4.69) is 24.1 Å². The molecule has 1 heterocycles. The predicted molar refractivity (Wildman–Crippen MR) is 75.3 cm³/mol. The van der Waals surface area contributed by atoms with Gasteiger partial charge in [0.2, 0.25) is 5.91 Å². The normalized spacial score (nSPS) is 12.7. The van der Waals surface area contributed by atoms with E-state index in [9.17, 15) is 4.79 Å². The van der Waals surface area contributed by atoms with E-state index in [1.807, 2.05) is 12.3 Å². The molecular weight excluding hydrogens is 246 g/mol. The zero-order chi connectivity index (χ0) is 13.5. The Morgan fingerprint density at radius 3 is 2.78 bits per heavy atom. The molecule has 0 aliphatic rings. The topological polar surface area (TPSA) is 68.0 Å². The van der Waals surface area contributed by atoms with Crippen molar-refractivity contribution in [1.29, 1.82) is 0 Å². The van der Waals surface area contributed by atoms with E-state index in [0.29, 0.717) is 25.4 Å². The van der Waals surface area contributed by atoms with Crippen LogP contribution < -0.4 is 11.1 Å². The first-order valence-electron chi connectivity index (χ1n) is 6.39. The van der Waals surface area contributed by atoms with Gasteiger partial charge in [0.25, 0.3) is 0 Å². The molecule has 1 unspecified atom stereocenters. The van der Waals surface area contributed by atoms with Crippen LogP contribution in [0.2, 0.25) is 0 Å². The number of hydrogen-bond acceptors (Lipinski definition) is 4. The maximum Gasteiger partial charge on any atom is 0.220 e. The Morgan fingerprint density at radius 1 is 1.56 bits per heavy atom. The lowest BCUT2D eigenvalue weighted by Crippen LogP contribution is -2.28. The summed E-state index contributed by atoms with van der Waals surface area (Å²) in [5.74, 6) is 0.923. The van der Waals surface area contributed by atoms with Gasteiger partial charge in [0, 0.05) is 11.8 Å². The Labute approximate surface area is 113 Å². The second-order valence-electron chi connectivity index (χ2n) is 5.07. The third-order valence-corrected chi connectivity index (χ3v) is 3.57. The SMILES string of the molecule is Cc1nc(CNC(=O)CC(CN)CC(C)C)cs1. The van der Waals surface area contributed by atoms with Crippen LogP contribution in [-0.4, -0.2) is 17.4 Å². The van der Waals surface area contributed by atoms with Crippen LogP contribution in [0.15, 0.2) is 5.38 Å². The number of nitrogens with zero attached hydrogens (tertiary/aromatic N) is 1. The number of aryl methyl sites for hydroxylation is 1. The highest BCUT2D eigenvalue weighted by Crippen LogP contribution is 2.14. The quantitative estimate of drug-likeness (QED) is 0.796. The smallest absolute Gasteiger partial charge is 0.220 e. The molecular formula is C13H23N3OS. The first-order valence-corrected chi connectivity index (χ1v) is 7.27. The first-order chi connectivity index (χ1) is 8.51. The molecule has 0 fully saturated rings. The van der Waals surface area contributed by atoms with Crippen molar-refractivity contribution < 1.29 is 4.79 Å². The van der Waals surface area contributed by atoms with Crippen LogP contribution in [0.25, 0.3) is 0 Å². The molecule has 0 spiro atoms. The zero-order valence-corrected chi connectivity index (χ0v) is 12.2. The summed E-state index contributed by atoms with van der Waals surface area (Å²) < 4.78 is 0. The van der Waals surface area contributed by atoms with E-state index < -0.39 is 0 Å². The molecule has 0 saturated heterocycles. The molecule has 1 amide bonds. The fourth-order valence-electron chi connectivity index (χ4n) is 1.94. The fraction of sp³-hybridized carbons (Fsp3) is 0.692. The highest BCUT2D eigenvalue weighted by molar-refractivity contribution is 7.09. The van der Waals surface area contributed by atoms with Gasteiger partial charge in [-0.2, -0.15) is 0 Å². The summed E-state index contributed by atoms with van der Waals surface area (Å²) in [5.41, 5.74) is 6.62. The molecule has 0 aliphatic heterocycles. The van der Waals surface area contributed by atoms with Crippen molar-refractivity contribution in [3.63, 3.8) is 0 Å². The number of rotatable bonds is 7. The number of aromatic nitrogens is 1. The lowest BCUT2D eigenvalue weighted by Gasteiger charge is -2.16. The Hall–Kier alpha value is -0.940. The van der Waals surface area contributed by atoms with Gasteiger partial charge < -0.3 is 11.1 Å². The second-order valence-corrected chi connectivity index (χ2v) is 6.13. The average Bonchev–Trinajstić information content (AvgIpc) is 2.71. The van der Waals surface area contributed by atoms with Gasteiger partial charge in [-0.25, -0.2) is 4.98 Å². The molecule has 0 radical (unpaired) electrons. The summed E-state index contributed by atoms with van der Waals surface area (Å²) in [7, 11) is 0. The first kappa shape index (κ1) is 15.1. The highest BCUT2D eigenvalue weighted by atomic mass is 32.1. The van der Waals surface area contributed by atoms with Crippen LogP contribution in [0.3, 0.4) is 0 Å². The number of carbonyl (C=O) groups excluding carboxylic acids is 1. The van der Waals surface area contributed by atoms with E-state index in [1.165, 1.54) is 0 Å². The van der Waals surface area contributed by atoms with Gasteiger partial charge in [0.05, 0.1) is 17.2 Å². The predicted octanol–water partition coefficient (Wildman–Crippen LogP) is 2.08. The Kier molecular flexibility index (Phi) is 6.29. The van der Waals surface area contributed by atoms with Crippen LogP contribution in [0.4, 0.5) is 0 Å². The average molecular weight is 269 g/mol. The molecule has 1 rings (SSSR count). The lowest BCUT2D eigenvalue weighted by atomic mass is 9.94. The van der Waals surface area contributed by atoms with Gasteiger partial charge in [-0.1, -0.05) is 13.8 Å². The van der Waals surface area contributed by atoms with Gasteiger partial charge in [0.15, 0.2) is 0 Å². The number of carbonyl (C=O) groups is 1. The maximum atomic E-state index is 11.8. The molecule has 1 aromatic rings. The Morgan fingerprint density at radius 2 is 2.28 bits per heavy atom. The summed E-state index contributed by atoms with van der Waals surface area (Å²) in [6.45, 7) is 7.35. The maximum absolute atomic E-state index is 11.8. The lowest BCUT2D eigenvalue weighted by molar-refractivity contribution is -0.122. The van der Waals surface area contributed by atoms with E-state index in [4.69, 9.17) is 5.73 Å². The molecule has 0 aromatic carbocycles. The Balaban J connectivity index is 2.32. The number of nitrogens with one attached hydrogen (secondary N) is 1. The van der Waals surface area contributed by atoms with Crippen LogP contribution in [0, 0.1) is 18.8 Å². The minimum atomic E-state index is 0.0664. The van der Waals surface area contributed by atoms with Gasteiger partial charge in [-0.3, -0.25) is 4.79 Å². The largest absolute Gasteiger partial charge is 0.350 e. The van der Waals surface area contributed by atoms with E-state index in [1.54, 1.807) is 11.3 Å². The van der Waals surface area contributed by atoms with Crippen molar-refractivity contribution >= 4 is 17.2 Å². The third-order valence-electron chi connectivity index (χ3n) is 2.75.